The summed E-state index contributed by atoms with van der Waals surface area (Å²) in [6.45, 7) is 6.45. The molecule has 0 aromatic rings. The molecule has 0 heterocycles. The molecule has 0 N–H and O–H groups in total. The summed E-state index contributed by atoms with van der Waals surface area (Å²) in [5.74, 6) is 3.27. The molecule has 90 valence electrons. The highest BCUT2D eigenvalue weighted by molar-refractivity contribution is 4.78. The first-order chi connectivity index (χ1) is 7.36. The highest BCUT2D eigenvalue weighted by Gasteiger charge is 2.27. The third kappa shape index (κ3) is 4.17. The Hall–Kier alpha value is 0. The van der Waals surface area contributed by atoms with Crippen molar-refractivity contribution < 1.29 is 0 Å². The first kappa shape index (κ1) is 13.1. The first-order valence-electron chi connectivity index (χ1n) is 7.36. The molecule has 0 aromatic heterocycles. The summed E-state index contributed by atoms with van der Waals surface area (Å²) in [5.41, 5.74) is 0. The second-order valence-corrected chi connectivity index (χ2v) is 5.43. The van der Waals surface area contributed by atoms with Gasteiger partial charge in [0.2, 0.25) is 0 Å². The Balaban J connectivity index is 0.000000531. The third-order valence-corrected chi connectivity index (χ3v) is 4.29. The number of hydrogen-bond donors (Lipinski definition) is 0. The van der Waals surface area contributed by atoms with Crippen LogP contribution in [0.25, 0.3) is 0 Å². The van der Waals surface area contributed by atoms with E-state index < -0.39 is 0 Å². The second-order valence-electron chi connectivity index (χ2n) is 5.43. The molecule has 2 rings (SSSR count). The Kier molecular flexibility index (Phi) is 6.36. The van der Waals surface area contributed by atoms with Crippen LogP contribution in [0.3, 0.4) is 0 Å². The van der Waals surface area contributed by atoms with Crippen LogP contribution in [-0.2, 0) is 0 Å². The van der Waals surface area contributed by atoms with Crippen molar-refractivity contribution >= 4 is 0 Å². The van der Waals surface area contributed by atoms with Gasteiger partial charge < -0.3 is 0 Å². The lowest BCUT2D eigenvalue weighted by atomic mass is 9.71. The highest BCUT2D eigenvalue weighted by atomic mass is 14.3. The van der Waals surface area contributed by atoms with Crippen LogP contribution in [0.5, 0.6) is 0 Å². The fourth-order valence-electron chi connectivity index (χ4n) is 3.51. The van der Waals surface area contributed by atoms with Gasteiger partial charge in [-0.25, -0.2) is 0 Å². The van der Waals surface area contributed by atoms with Crippen molar-refractivity contribution in [3.8, 4) is 0 Å². The van der Waals surface area contributed by atoms with Crippen molar-refractivity contribution in [2.45, 2.75) is 78.6 Å². The van der Waals surface area contributed by atoms with Gasteiger partial charge in [-0.15, -0.1) is 0 Å². The molecule has 2 aliphatic rings. The quantitative estimate of drug-likeness (QED) is 0.542. The Morgan fingerprint density at radius 1 is 0.667 bits per heavy atom. The molecule has 2 unspecified atom stereocenters. The normalized spacial score (nSPS) is 33.0. The fraction of sp³-hybridized carbons (Fsp3) is 1.00. The Bertz CT molecular complexity index is 144. The van der Waals surface area contributed by atoms with Gasteiger partial charge in [-0.05, 0) is 24.2 Å². The Morgan fingerprint density at radius 2 is 1.27 bits per heavy atom. The van der Waals surface area contributed by atoms with Crippen molar-refractivity contribution in [1.29, 1.82) is 0 Å². The van der Waals surface area contributed by atoms with Crippen LogP contribution in [0.4, 0.5) is 0 Å². The van der Waals surface area contributed by atoms with Crippen LogP contribution >= 0.6 is 0 Å². The van der Waals surface area contributed by atoms with Gasteiger partial charge in [-0.1, -0.05) is 72.1 Å². The second kappa shape index (κ2) is 7.30. The van der Waals surface area contributed by atoms with Crippen LogP contribution < -0.4 is 0 Å². The third-order valence-electron chi connectivity index (χ3n) is 4.29. The van der Waals surface area contributed by atoms with E-state index in [1.165, 1.54) is 32.1 Å². The Labute approximate surface area is 96.8 Å². The van der Waals surface area contributed by atoms with E-state index in [9.17, 15) is 0 Å². The fourth-order valence-corrected chi connectivity index (χ4v) is 3.51. The summed E-state index contributed by atoms with van der Waals surface area (Å²) in [6.07, 6.45) is 13.8. The van der Waals surface area contributed by atoms with Gasteiger partial charge in [0.15, 0.2) is 0 Å². The standard InChI is InChI=1S/C13H24.C2H6/c1-11-6-5-9-13(10-11)12-7-3-2-4-8-12;1-2/h11-13H,2-10H2,1H3;1-2H3. The zero-order valence-electron chi connectivity index (χ0n) is 11.1. The minimum atomic E-state index is 1.03. The van der Waals surface area contributed by atoms with Crippen molar-refractivity contribution in [2.24, 2.45) is 17.8 Å². The molecule has 15 heavy (non-hydrogen) atoms. The van der Waals surface area contributed by atoms with Crippen molar-refractivity contribution in [3.05, 3.63) is 0 Å². The number of hydrogen-bond acceptors (Lipinski definition) is 0. The molecule has 0 aromatic carbocycles. The zero-order valence-corrected chi connectivity index (χ0v) is 11.1. The van der Waals surface area contributed by atoms with Gasteiger partial charge in [-0.2, -0.15) is 0 Å². The van der Waals surface area contributed by atoms with Gasteiger partial charge in [0.05, 0.1) is 0 Å². The molecule has 0 heteroatoms. The minimum Gasteiger partial charge on any atom is -0.0683 e. The lowest BCUT2D eigenvalue weighted by Gasteiger charge is -2.35. The van der Waals surface area contributed by atoms with E-state index in [0.29, 0.717) is 0 Å². The van der Waals surface area contributed by atoms with Crippen molar-refractivity contribution in [3.63, 3.8) is 0 Å². The van der Waals surface area contributed by atoms with E-state index in [1.54, 1.807) is 25.7 Å². The summed E-state index contributed by atoms with van der Waals surface area (Å²) in [4.78, 5) is 0. The van der Waals surface area contributed by atoms with Gasteiger partial charge in [0.25, 0.3) is 0 Å². The van der Waals surface area contributed by atoms with E-state index in [1.807, 2.05) is 13.8 Å². The smallest absolute Gasteiger partial charge is 0.0383 e. The molecule has 2 saturated carbocycles. The van der Waals surface area contributed by atoms with Gasteiger partial charge in [0.1, 0.15) is 0 Å². The molecular weight excluding hydrogens is 180 g/mol. The molecule has 0 spiro atoms. The summed E-state index contributed by atoms with van der Waals surface area (Å²) in [7, 11) is 0. The average molecular weight is 210 g/mol. The van der Waals surface area contributed by atoms with E-state index >= 15 is 0 Å². The van der Waals surface area contributed by atoms with E-state index in [-0.39, 0.29) is 0 Å². The maximum absolute atomic E-state index is 2.45. The van der Waals surface area contributed by atoms with Gasteiger partial charge in [-0.3, -0.25) is 0 Å². The maximum atomic E-state index is 2.45. The lowest BCUT2D eigenvalue weighted by Crippen LogP contribution is -2.23. The summed E-state index contributed by atoms with van der Waals surface area (Å²) >= 11 is 0. The molecule has 0 aliphatic heterocycles. The van der Waals surface area contributed by atoms with Crippen LogP contribution in [0.1, 0.15) is 78.6 Å². The minimum absolute atomic E-state index is 1.03. The molecule has 0 saturated heterocycles. The van der Waals surface area contributed by atoms with Crippen molar-refractivity contribution in [1.82, 2.24) is 0 Å². The summed E-state index contributed by atoms with van der Waals surface area (Å²) in [6, 6.07) is 0. The molecule has 2 atom stereocenters. The Morgan fingerprint density at radius 3 is 1.87 bits per heavy atom. The molecule has 0 nitrogen and oxygen atoms in total. The largest absolute Gasteiger partial charge is 0.0683 e. The SMILES string of the molecule is CC.CC1CCCC(C2CCCCC2)C1. The van der Waals surface area contributed by atoms with E-state index in [2.05, 4.69) is 6.92 Å². The van der Waals surface area contributed by atoms with Gasteiger partial charge in [0, 0.05) is 0 Å². The zero-order chi connectivity index (χ0) is 11.1. The monoisotopic (exact) mass is 210 g/mol. The first-order valence-corrected chi connectivity index (χ1v) is 7.36. The predicted molar refractivity (Wildman–Crippen MR) is 69.0 cm³/mol. The average Bonchev–Trinajstić information content (AvgIpc) is 2.33. The van der Waals surface area contributed by atoms with Crippen LogP contribution in [0.2, 0.25) is 0 Å². The lowest BCUT2D eigenvalue weighted by molar-refractivity contribution is 0.166. The maximum Gasteiger partial charge on any atom is -0.0383 e. The molecule has 2 aliphatic carbocycles. The van der Waals surface area contributed by atoms with E-state index in [4.69, 9.17) is 0 Å². The highest BCUT2D eigenvalue weighted by Crippen LogP contribution is 2.39. The molecule has 2 fully saturated rings. The van der Waals surface area contributed by atoms with Crippen LogP contribution in [0, 0.1) is 17.8 Å². The predicted octanol–water partition coefficient (Wildman–Crippen LogP) is 5.42. The molecule has 0 amide bonds. The molecular formula is C15H30. The van der Waals surface area contributed by atoms with Crippen molar-refractivity contribution in [2.75, 3.05) is 0 Å². The molecule has 0 bridgehead atoms. The van der Waals surface area contributed by atoms with Crippen LogP contribution in [-0.4, -0.2) is 0 Å². The topological polar surface area (TPSA) is 0 Å². The summed E-state index contributed by atoms with van der Waals surface area (Å²) in [5, 5.41) is 0. The van der Waals surface area contributed by atoms with E-state index in [0.717, 1.165) is 17.8 Å². The van der Waals surface area contributed by atoms with Gasteiger partial charge >= 0.3 is 0 Å². The van der Waals surface area contributed by atoms with Crippen LogP contribution in [0.15, 0.2) is 0 Å². The molecule has 0 radical (unpaired) electrons. The summed E-state index contributed by atoms with van der Waals surface area (Å²) < 4.78 is 0. The number of rotatable bonds is 1.